The molecule has 0 saturated carbocycles. The van der Waals surface area contributed by atoms with Crippen LogP contribution in [-0.2, 0) is 19.1 Å². The zero-order chi connectivity index (χ0) is 13.1. The lowest BCUT2D eigenvalue weighted by Crippen LogP contribution is -2.43. The summed E-state index contributed by atoms with van der Waals surface area (Å²) in [6.07, 6.45) is 3.68. The summed E-state index contributed by atoms with van der Waals surface area (Å²) >= 11 is 0. The summed E-state index contributed by atoms with van der Waals surface area (Å²) in [6, 6.07) is 0. The molecule has 98 valence electrons. The SMILES string of the molecule is CC(=O)OC1C=CCC[C@H]1C(=O)N1CCOC1=O. The average molecular weight is 253 g/mol. The standard InChI is InChI=1S/C12H15NO5/c1-8(14)18-10-5-3-2-4-9(10)11(15)13-6-7-17-12(13)16/h3,5,9-10H,2,4,6-7H2,1H3/t9-,10?/m1/s1. The molecule has 0 bridgehead atoms. The Morgan fingerprint density at radius 3 is 2.89 bits per heavy atom. The van der Waals surface area contributed by atoms with Crippen molar-refractivity contribution in [3.05, 3.63) is 12.2 Å². The normalized spacial score (nSPS) is 26.9. The molecule has 1 unspecified atom stereocenters. The van der Waals surface area contributed by atoms with E-state index in [1.54, 1.807) is 6.08 Å². The van der Waals surface area contributed by atoms with E-state index >= 15 is 0 Å². The number of ether oxygens (including phenoxy) is 2. The van der Waals surface area contributed by atoms with Crippen molar-refractivity contribution >= 4 is 18.0 Å². The van der Waals surface area contributed by atoms with Gasteiger partial charge in [-0.3, -0.25) is 9.59 Å². The average Bonchev–Trinajstić information content (AvgIpc) is 2.74. The predicted molar refractivity (Wildman–Crippen MR) is 60.5 cm³/mol. The monoisotopic (exact) mass is 253 g/mol. The maximum Gasteiger partial charge on any atom is 0.416 e. The van der Waals surface area contributed by atoms with Gasteiger partial charge in [0.05, 0.1) is 12.5 Å². The number of hydrogen-bond donors (Lipinski definition) is 0. The Kier molecular flexibility index (Phi) is 3.64. The molecule has 2 amide bonds. The van der Waals surface area contributed by atoms with Gasteiger partial charge in [0.2, 0.25) is 5.91 Å². The van der Waals surface area contributed by atoms with Gasteiger partial charge in [-0.05, 0) is 18.9 Å². The summed E-state index contributed by atoms with van der Waals surface area (Å²) in [6.45, 7) is 1.80. The van der Waals surface area contributed by atoms with Gasteiger partial charge in [-0.2, -0.15) is 0 Å². The summed E-state index contributed by atoms with van der Waals surface area (Å²) in [5, 5.41) is 0. The van der Waals surface area contributed by atoms with Crippen molar-refractivity contribution in [1.29, 1.82) is 0 Å². The first-order valence-corrected chi connectivity index (χ1v) is 5.91. The number of imide groups is 1. The van der Waals surface area contributed by atoms with Crippen LogP contribution in [0.4, 0.5) is 4.79 Å². The molecule has 0 spiro atoms. The quantitative estimate of drug-likeness (QED) is 0.539. The molecule has 1 aliphatic heterocycles. The minimum atomic E-state index is -0.615. The van der Waals surface area contributed by atoms with Gasteiger partial charge in [0.15, 0.2) is 0 Å². The number of carbonyl (C=O) groups excluding carboxylic acids is 3. The second kappa shape index (κ2) is 5.20. The van der Waals surface area contributed by atoms with E-state index in [9.17, 15) is 14.4 Å². The van der Waals surface area contributed by atoms with E-state index in [-0.39, 0.29) is 19.1 Å². The number of hydrogen-bond acceptors (Lipinski definition) is 5. The summed E-state index contributed by atoms with van der Waals surface area (Å²) < 4.78 is 9.83. The summed E-state index contributed by atoms with van der Waals surface area (Å²) in [5.74, 6) is -1.26. The van der Waals surface area contributed by atoms with Crippen LogP contribution >= 0.6 is 0 Å². The van der Waals surface area contributed by atoms with Crippen LogP contribution in [0.3, 0.4) is 0 Å². The van der Waals surface area contributed by atoms with Crippen molar-refractivity contribution in [1.82, 2.24) is 4.90 Å². The van der Waals surface area contributed by atoms with Crippen LogP contribution in [0.1, 0.15) is 19.8 Å². The molecular formula is C12H15NO5. The van der Waals surface area contributed by atoms with Crippen LogP contribution in [-0.4, -0.2) is 42.1 Å². The smallest absolute Gasteiger partial charge is 0.416 e. The van der Waals surface area contributed by atoms with Crippen LogP contribution in [0.25, 0.3) is 0 Å². The maximum absolute atomic E-state index is 12.2. The van der Waals surface area contributed by atoms with Crippen LogP contribution in [0, 0.1) is 5.92 Å². The van der Waals surface area contributed by atoms with Gasteiger partial charge in [-0.1, -0.05) is 6.08 Å². The van der Waals surface area contributed by atoms with E-state index in [4.69, 9.17) is 9.47 Å². The van der Waals surface area contributed by atoms with Crippen molar-refractivity contribution in [2.45, 2.75) is 25.9 Å². The summed E-state index contributed by atoms with van der Waals surface area (Å²) in [4.78, 5) is 35.6. The largest absolute Gasteiger partial charge is 0.457 e. The highest BCUT2D eigenvalue weighted by atomic mass is 16.6. The second-order valence-electron chi connectivity index (χ2n) is 4.29. The lowest BCUT2D eigenvalue weighted by Gasteiger charge is -2.27. The van der Waals surface area contributed by atoms with Crippen molar-refractivity contribution in [2.75, 3.05) is 13.2 Å². The Morgan fingerprint density at radius 2 is 2.28 bits per heavy atom. The number of rotatable bonds is 2. The topological polar surface area (TPSA) is 72.9 Å². The van der Waals surface area contributed by atoms with Crippen LogP contribution in [0.5, 0.6) is 0 Å². The van der Waals surface area contributed by atoms with Crippen LogP contribution in [0.2, 0.25) is 0 Å². The zero-order valence-corrected chi connectivity index (χ0v) is 10.1. The molecular weight excluding hydrogens is 238 g/mol. The highest BCUT2D eigenvalue weighted by molar-refractivity contribution is 5.94. The number of carbonyl (C=O) groups is 3. The third kappa shape index (κ3) is 2.52. The molecule has 6 heteroatoms. The minimum absolute atomic E-state index is 0.228. The first-order chi connectivity index (χ1) is 8.59. The van der Waals surface area contributed by atoms with Gasteiger partial charge in [0, 0.05) is 6.92 Å². The molecule has 1 heterocycles. The first kappa shape index (κ1) is 12.6. The maximum atomic E-state index is 12.2. The predicted octanol–water partition coefficient (Wildman–Crippen LogP) is 0.863. The lowest BCUT2D eigenvalue weighted by molar-refractivity contribution is -0.150. The molecule has 1 aliphatic carbocycles. The summed E-state index contributed by atoms with van der Waals surface area (Å²) in [5.41, 5.74) is 0. The fraction of sp³-hybridized carbons (Fsp3) is 0.583. The van der Waals surface area contributed by atoms with Crippen LogP contribution < -0.4 is 0 Å². The molecule has 0 aromatic heterocycles. The third-order valence-electron chi connectivity index (χ3n) is 3.01. The molecule has 0 N–H and O–H groups in total. The molecule has 2 atom stereocenters. The molecule has 1 saturated heterocycles. The highest BCUT2D eigenvalue weighted by Gasteiger charge is 2.38. The molecule has 18 heavy (non-hydrogen) atoms. The van der Waals surface area contributed by atoms with E-state index in [1.165, 1.54) is 6.92 Å². The molecule has 0 aromatic rings. The van der Waals surface area contributed by atoms with Crippen LogP contribution in [0.15, 0.2) is 12.2 Å². The van der Waals surface area contributed by atoms with E-state index in [0.29, 0.717) is 6.42 Å². The molecule has 2 rings (SSSR count). The number of nitrogens with zero attached hydrogens (tertiary/aromatic N) is 1. The third-order valence-corrected chi connectivity index (χ3v) is 3.01. The number of cyclic esters (lactones) is 1. The van der Waals surface area contributed by atoms with Gasteiger partial charge in [0.1, 0.15) is 12.7 Å². The van der Waals surface area contributed by atoms with E-state index < -0.39 is 24.1 Å². The number of amides is 2. The number of esters is 1. The van der Waals surface area contributed by atoms with Gasteiger partial charge in [-0.15, -0.1) is 0 Å². The Morgan fingerprint density at radius 1 is 1.50 bits per heavy atom. The van der Waals surface area contributed by atoms with E-state index in [2.05, 4.69) is 0 Å². The first-order valence-electron chi connectivity index (χ1n) is 5.91. The Balaban J connectivity index is 2.09. The zero-order valence-electron chi connectivity index (χ0n) is 10.1. The molecule has 0 radical (unpaired) electrons. The molecule has 2 aliphatic rings. The minimum Gasteiger partial charge on any atom is -0.457 e. The van der Waals surface area contributed by atoms with Gasteiger partial charge in [-0.25, -0.2) is 9.69 Å². The van der Waals surface area contributed by atoms with Crippen molar-refractivity contribution in [3.63, 3.8) is 0 Å². The fourth-order valence-corrected chi connectivity index (χ4v) is 2.18. The molecule has 0 aromatic carbocycles. The fourth-order valence-electron chi connectivity index (χ4n) is 2.18. The van der Waals surface area contributed by atoms with Gasteiger partial charge >= 0.3 is 12.1 Å². The van der Waals surface area contributed by atoms with Crippen molar-refractivity contribution in [3.8, 4) is 0 Å². The summed E-state index contributed by atoms with van der Waals surface area (Å²) in [7, 11) is 0. The Bertz CT molecular complexity index is 403. The lowest BCUT2D eigenvalue weighted by atomic mass is 9.90. The van der Waals surface area contributed by atoms with Crippen molar-refractivity contribution < 1.29 is 23.9 Å². The molecule has 6 nitrogen and oxygen atoms in total. The van der Waals surface area contributed by atoms with Gasteiger partial charge < -0.3 is 9.47 Å². The Hall–Kier alpha value is -1.85. The Labute approximate surface area is 105 Å². The highest BCUT2D eigenvalue weighted by Crippen LogP contribution is 2.25. The second-order valence-corrected chi connectivity index (χ2v) is 4.29. The molecule has 1 fully saturated rings. The number of allylic oxidation sites excluding steroid dienone is 1. The van der Waals surface area contributed by atoms with Crippen molar-refractivity contribution in [2.24, 2.45) is 5.92 Å². The van der Waals surface area contributed by atoms with E-state index in [1.807, 2.05) is 6.08 Å². The van der Waals surface area contributed by atoms with E-state index in [0.717, 1.165) is 11.3 Å². The van der Waals surface area contributed by atoms with Gasteiger partial charge in [0.25, 0.3) is 0 Å².